The lowest BCUT2D eigenvalue weighted by Gasteiger charge is -2.14. The van der Waals surface area contributed by atoms with Crippen LogP contribution in [0.5, 0.6) is 0 Å². The summed E-state index contributed by atoms with van der Waals surface area (Å²) >= 11 is 0. The number of nitrogens with two attached hydrogens (primary N) is 1. The van der Waals surface area contributed by atoms with Crippen molar-refractivity contribution in [1.29, 1.82) is 0 Å². The monoisotopic (exact) mass is 267 g/mol. The van der Waals surface area contributed by atoms with Gasteiger partial charge in [0.25, 0.3) is 0 Å². The van der Waals surface area contributed by atoms with Gasteiger partial charge in [0.2, 0.25) is 5.91 Å². The summed E-state index contributed by atoms with van der Waals surface area (Å²) in [5.41, 5.74) is 5.24. The predicted molar refractivity (Wildman–Crippen MR) is 64.0 cm³/mol. The number of amides is 3. The molecule has 5 N–H and O–H groups in total. The highest BCUT2D eigenvalue weighted by Crippen LogP contribution is 2.02. The molecule has 102 valence electrons. The van der Waals surface area contributed by atoms with Gasteiger partial charge in [0, 0.05) is 6.42 Å². The Morgan fingerprint density at radius 2 is 1.95 bits per heavy atom. The summed E-state index contributed by atoms with van der Waals surface area (Å²) in [7, 11) is 0. The van der Waals surface area contributed by atoms with Gasteiger partial charge < -0.3 is 21.5 Å². The van der Waals surface area contributed by atoms with E-state index >= 15 is 0 Å². The number of carboxylic acids is 1. The van der Waals surface area contributed by atoms with E-state index < -0.39 is 23.9 Å². The molecule has 0 bridgehead atoms. The molecule has 9 heteroatoms. The summed E-state index contributed by atoms with van der Waals surface area (Å²) in [6.07, 6.45) is 3.78. The van der Waals surface area contributed by atoms with Gasteiger partial charge in [-0.3, -0.25) is 4.79 Å². The van der Waals surface area contributed by atoms with Crippen molar-refractivity contribution in [3.05, 3.63) is 18.7 Å². The minimum absolute atomic E-state index is 0.0800. The van der Waals surface area contributed by atoms with Crippen molar-refractivity contribution in [2.75, 3.05) is 5.32 Å². The van der Waals surface area contributed by atoms with E-state index in [9.17, 15) is 14.4 Å². The molecule has 0 aliphatic rings. The molecule has 1 heterocycles. The number of hydrogen-bond donors (Lipinski definition) is 4. The molecular weight excluding hydrogens is 254 g/mol. The fourth-order valence-corrected chi connectivity index (χ4v) is 1.23. The van der Waals surface area contributed by atoms with Crippen LogP contribution in [0.1, 0.15) is 12.8 Å². The van der Waals surface area contributed by atoms with E-state index in [1.54, 1.807) is 0 Å². The average molecular weight is 267 g/mol. The van der Waals surface area contributed by atoms with Crippen LogP contribution in [-0.2, 0) is 9.59 Å². The summed E-state index contributed by atoms with van der Waals surface area (Å²) < 4.78 is 0. The Labute approximate surface area is 108 Å². The fraction of sp³-hybridized carbons (Fsp3) is 0.300. The van der Waals surface area contributed by atoms with E-state index in [4.69, 9.17) is 10.8 Å². The third-order valence-electron chi connectivity index (χ3n) is 2.10. The third-order valence-corrected chi connectivity index (χ3v) is 2.10. The number of nitrogens with one attached hydrogen (secondary N) is 2. The van der Waals surface area contributed by atoms with Gasteiger partial charge >= 0.3 is 12.0 Å². The molecule has 19 heavy (non-hydrogen) atoms. The van der Waals surface area contributed by atoms with Gasteiger partial charge in [0.15, 0.2) is 0 Å². The summed E-state index contributed by atoms with van der Waals surface area (Å²) in [6.45, 7) is 0. The Morgan fingerprint density at radius 3 is 2.47 bits per heavy atom. The van der Waals surface area contributed by atoms with Crippen LogP contribution in [0, 0.1) is 0 Å². The number of carbonyl (C=O) groups is 3. The molecule has 0 saturated carbocycles. The molecule has 1 rings (SSSR count). The zero-order chi connectivity index (χ0) is 14.3. The van der Waals surface area contributed by atoms with Gasteiger partial charge in [-0.1, -0.05) is 0 Å². The number of primary amides is 1. The van der Waals surface area contributed by atoms with Crippen LogP contribution in [-0.4, -0.2) is 39.0 Å². The highest BCUT2D eigenvalue weighted by molar-refractivity contribution is 5.92. The van der Waals surface area contributed by atoms with E-state index in [1.807, 2.05) is 0 Å². The Kier molecular flexibility index (Phi) is 5.20. The van der Waals surface area contributed by atoms with E-state index in [0.717, 1.165) is 0 Å². The van der Waals surface area contributed by atoms with Crippen molar-refractivity contribution in [2.45, 2.75) is 18.9 Å². The first kappa shape index (κ1) is 14.4. The first-order valence-corrected chi connectivity index (χ1v) is 5.32. The van der Waals surface area contributed by atoms with Gasteiger partial charge in [-0.15, -0.1) is 0 Å². The summed E-state index contributed by atoms with van der Waals surface area (Å²) in [4.78, 5) is 40.3. The molecule has 0 aliphatic carbocycles. The van der Waals surface area contributed by atoms with E-state index in [0.29, 0.717) is 5.69 Å². The van der Waals surface area contributed by atoms with Gasteiger partial charge in [-0.25, -0.2) is 19.6 Å². The lowest BCUT2D eigenvalue weighted by Crippen LogP contribution is -2.43. The van der Waals surface area contributed by atoms with Crippen LogP contribution in [0.25, 0.3) is 0 Å². The van der Waals surface area contributed by atoms with Gasteiger partial charge in [-0.05, 0) is 6.42 Å². The zero-order valence-corrected chi connectivity index (χ0v) is 9.87. The molecular formula is C10H13N5O4. The second kappa shape index (κ2) is 6.89. The summed E-state index contributed by atoms with van der Waals surface area (Å²) in [5, 5.41) is 13.4. The summed E-state index contributed by atoms with van der Waals surface area (Å²) in [6, 6.07) is -1.93. The van der Waals surface area contributed by atoms with Crippen molar-refractivity contribution in [2.24, 2.45) is 5.73 Å². The van der Waals surface area contributed by atoms with Gasteiger partial charge in [-0.2, -0.15) is 0 Å². The predicted octanol–water partition coefficient (Wildman–Crippen LogP) is -0.683. The topological polar surface area (TPSA) is 147 Å². The smallest absolute Gasteiger partial charge is 0.326 e. The molecule has 1 aromatic rings. The van der Waals surface area contributed by atoms with Crippen molar-refractivity contribution < 1.29 is 19.5 Å². The molecule has 0 radical (unpaired) electrons. The van der Waals surface area contributed by atoms with Crippen LogP contribution in [0.2, 0.25) is 0 Å². The maximum atomic E-state index is 11.5. The Morgan fingerprint density at radius 1 is 1.32 bits per heavy atom. The molecule has 9 nitrogen and oxygen atoms in total. The number of aliphatic carboxylic acids is 1. The van der Waals surface area contributed by atoms with Crippen molar-refractivity contribution in [3.63, 3.8) is 0 Å². The van der Waals surface area contributed by atoms with Gasteiger partial charge in [0.05, 0.1) is 18.1 Å². The minimum atomic E-state index is -1.25. The average Bonchev–Trinajstić information content (AvgIpc) is 2.35. The zero-order valence-electron chi connectivity index (χ0n) is 9.87. The number of anilines is 1. The van der Waals surface area contributed by atoms with Crippen molar-refractivity contribution in [3.8, 4) is 0 Å². The number of rotatable bonds is 6. The highest BCUT2D eigenvalue weighted by atomic mass is 16.4. The van der Waals surface area contributed by atoms with Crippen LogP contribution < -0.4 is 16.4 Å². The lowest BCUT2D eigenvalue weighted by molar-refractivity contribution is -0.139. The van der Waals surface area contributed by atoms with Gasteiger partial charge in [0.1, 0.15) is 12.4 Å². The first-order chi connectivity index (χ1) is 8.99. The molecule has 0 unspecified atom stereocenters. The normalized spacial score (nSPS) is 11.4. The Balaban J connectivity index is 2.52. The van der Waals surface area contributed by atoms with E-state index in [1.165, 1.54) is 18.7 Å². The number of carbonyl (C=O) groups excluding carboxylic acids is 2. The van der Waals surface area contributed by atoms with Crippen molar-refractivity contribution >= 4 is 23.6 Å². The number of aromatic nitrogens is 2. The molecule has 0 aliphatic heterocycles. The summed E-state index contributed by atoms with van der Waals surface area (Å²) in [5.74, 6) is -1.88. The number of urea groups is 1. The number of hydrogen-bond acceptors (Lipinski definition) is 5. The Hall–Kier alpha value is -2.71. The molecule has 1 aromatic heterocycles. The second-order valence-electron chi connectivity index (χ2n) is 3.62. The number of carboxylic acid groups (broad SMARTS) is 1. The molecule has 3 amide bonds. The third kappa shape index (κ3) is 5.44. The van der Waals surface area contributed by atoms with Crippen LogP contribution >= 0.6 is 0 Å². The molecule has 0 aromatic carbocycles. The molecule has 1 atom stereocenters. The highest BCUT2D eigenvalue weighted by Gasteiger charge is 2.20. The SMILES string of the molecule is NC(=O)CC[C@H](NC(=O)Nc1cncnc1)C(=O)O. The first-order valence-electron chi connectivity index (χ1n) is 5.32. The minimum Gasteiger partial charge on any atom is -0.480 e. The largest absolute Gasteiger partial charge is 0.480 e. The quantitative estimate of drug-likeness (QED) is 0.536. The lowest BCUT2D eigenvalue weighted by atomic mass is 10.1. The second-order valence-corrected chi connectivity index (χ2v) is 3.62. The fourth-order valence-electron chi connectivity index (χ4n) is 1.23. The van der Waals surface area contributed by atoms with E-state index in [2.05, 4.69) is 20.6 Å². The standard InChI is InChI=1S/C10H13N5O4/c11-8(16)2-1-7(9(17)18)15-10(19)14-6-3-12-5-13-4-6/h3-5,7H,1-2H2,(H2,11,16)(H,17,18)(H2,14,15,19)/t7-/m0/s1. The molecule has 0 spiro atoms. The van der Waals surface area contributed by atoms with Crippen LogP contribution in [0.15, 0.2) is 18.7 Å². The molecule has 0 fully saturated rings. The maximum absolute atomic E-state index is 11.5. The molecule has 0 saturated heterocycles. The van der Waals surface area contributed by atoms with Crippen LogP contribution in [0.3, 0.4) is 0 Å². The maximum Gasteiger partial charge on any atom is 0.326 e. The van der Waals surface area contributed by atoms with Crippen LogP contribution in [0.4, 0.5) is 10.5 Å². The van der Waals surface area contributed by atoms with Crippen molar-refractivity contribution in [1.82, 2.24) is 15.3 Å². The number of nitrogens with zero attached hydrogens (tertiary/aromatic N) is 2. The Bertz CT molecular complexity index is 464. The van der Waals surface area contributed by atoms with E-state index in [-0.39, 0.29) is 12.8 Å².